The number of rotatable bonds is 4. The Kier molecular flexibility index (Phi) is 4.51. The van der Waals surface area contributed by atoms with Gasteiger partial charge in [0.25, 0.3) is 0 Å². The Bertz CT molecular complexity index is 572. The van der Waals surface area contributed by atoms with E-state index >= 15 is 0 Å². The number of hydrogen-bond acceptors (Lipinski definition) is 1. The van der Waals surface area contributed by atoms with Crippen LogP contribution in [-0.4, -0.2) is 0 Å². The molecule has 0 aliphatic carbocycles. The van der Waals surface area contributed by atoms with E-state index in [-0.39, 0.29) is 16.9 Å². The maximum absolute atomic E-state index is 13.6. The van der Waals surface area contributed by atoms with E-state index in [4.69, 9.17) is 11.6 Å². The number of hydrogen-bond donors (Lipinski definition) is 1. The summed E-state index contributed by atoms with van der Waals surface area (Å²) in [5.41, 5.74) is 1.24. The molecule has 0 saturated heterocycles. The summed E-state index contributed by atoms with van der Waals surface area (Å²) in [5, 5.41) is 3.24. The molecule has 19 heavy (non-hydrogen) atoms. The molecule has 0 aliphatic rings. The predicted molar refractivity (Wildman–Crippen MR) is 73.1 cm³/mol. The van der Waals surface area contributed by atoms with Crippen molar-refractivity contribution in [3.8, 4) is 0 Å². The highest BCUT2D eigenvalue weighted by atomic mass is 35.5. The number of benzene rings is 2. The molecular formula is C15H14ClF2N. The number of nitrogens with one attached hydrogen (secondary N) is 1. The highest BCUT2D eigenvalue weighted by Gasteiger charge is 2.11. The normalized spacial score (nSPS) is 12.4. The van der Waals surface area contributed by atoms with Crippen molar-refractivity contribution in [2.45, 2.75) is 19.5 Å². The second-order valence-corrected chi connectivity index (χ2v) is 4.72. The van der Waals surface area contributed by atoms with Crippen LogP contribution in [-0.2, 0) is 6.54 Å². The Morgan fingerprint density at radius 3 is 2.47 bits per heavy atom. The zero-order chi connectivity index (χ0) is 13.8. The van der Waals surface area contributed by atoms with Gasteiger partial charge in [0.05, 0.1) is 5.02 Å². The van der Waals surface area contributed by atoms with Crippen molar-refractivity contribution in [1.82, 2.24) is 5.32 Å². The summed E-state index contributed by atoms with van der Waals surface area (Å²) in [7, 11) is 0. The molecule has 4 heteroatoms. The molecule has 2 rings (SSSR count). The third kappa shape index (κ3) is 3.31. The average Bonchev–Trinajstić information content (AvgIpc) is 2.40. The Morgan fingerprint density at radius 2 is 1.74 bits per heavy atom. The lowest BCUT2D eigenvalue weighted by Gasteiger charge is -2.15. The molecular weight excluding hydrogens is 268 g/mol. The van der Waals surface area contributed by atoms with Crippen LogP contribution in [0.4, 0.5) is 8.78 Å². The van der Waals surface area contributed by atoms with Crippen molar-refractivity contribution in [3.63, 3.8) is 0 Å². The molecule has 0 bridgehead atoms. The zero-order valence-corrected chi connectivity index (χ0v) is 11.2. The molecule has 0 aliphatic heterocycles. The molecule has 0 unspecified atom stereocenters. The minimum atomic E-state index is -0.445. The van der Waals surface area contributed by atoms with Crippen LogP contribution in [0.2, 0.25) is 5.02 Å². The number of halogens is 3. The van der Waals surface area contributed by atoms with E-state index in [0.717, 1.165) is 0 Å². The van der Waals surface area contributed by atoms with Gasteiger partial charge in [0.15, 0.2) is 0 Å². The first-order valence-corrected chi connectivity index (χ1v) is 6.38. The largest absolute Gasteiger partial charge is 0.306 e. The minimum absolute atomic E-state index is 0.107. The van der Waals surface area contributed by atoms with Gasteiger partial charge in [-0.25, -0.2) is 8.78 Å². The third-order valence-corrected chi connectivity index (χ3v) is 3.43. The van der Waals surface area contributed by atoms with E-state index in [1.165, 1.54) is 12.1 Å². The Balaban J connectivity index is 2.07. The summed E-state index contributed by atoms with van der Waals surface area (Å²) in [6.07, 6.45) is 0. The van der Waals surface area contributed by atoms with Gasteiger partial charge in [0.1, 0.15) is 11.6 Å². The molecule has 1 atom stereocenters. The van der Waals surface area contributed by atoms with Crippen LogP contribution >= 0.6 is 11.6 Å². The van der Waals surface area contributed by atoms with Crippen LogP contribution in [0.1, 0.15) is 24.1 Å². The minimum Gasteiger partial charge on any atom is -0.306 e. The fourth-order valence-electron chi connectivity index (χ4n) is 1.88. The molecule has 0 aromatic heterocycles. The maximum atomic E-state index is 13.6. The van der Waals surface area contributed by atoms with Gasteiger partial charge >= 0.3 is 0 Å². The van der Waals surface area contributed by atoms with Crippen LogP contribution in [0.5, 0.6) is 0 Å². The fraction of sp³-hybridized carbons (Fsp3) is 0.200. The predicted octanol–water partition coefficient (Wildman–Crippen LogP) is 4.47. The monoisotopic (exact) mass is 281 g/mol. The van der Waals surface area contributed by atoms with Gasteiger partial charge in [-0.2, -0.15) is 0 Å². The SMILES string of the molecule is C[C@@H](NCc1cccc(F)c1Cl)c1ccccc1F. The molecule has 0 saturated carbocycles. The van der Waals surface area contributed by atoms with Crippen LogP contribution in [0.25, 0.3) is 0 Å². The van der Waals surface area contributed by atoms with Gasteiger partial charge in [-0.05, 0) is 24.6 Å². The summed E-state index contributed by atoms with van der Waals surface area (Å²) in [6, 6.07) is 11.1. The molecule has 0 radical (unpaired) electrons. The molecule has 0 spiro atoms. The Morgan fingerprint density at radius 1 is 1.05 bits per heavy atom. The second kappa shape index (κ2) is 6.13. The van der Waals surface area contributed by atoms with Crippen molar-refractivity contribution in [2.24, 2.45) is 0 Å². The van der Waals surface area contributed by atoms with Gasteiger partial charge in [0, 0.05) is 18.2 Å². The smallest absolute Gasteiger partial charge is 0.142 e. The van der Waals surface area contributed by atoms with E-state index in [1.807, 2.05) is 6.92 Å². The molecule has 1 N–H and O–H groups in total. The summed E-state index contributed by atoms with van der Waals surface area (Å²) < 4.78 is 26.9. The van der Waals surface area contributed by atoms with Crippen LogP contribution in [0, 0.1) is 11.6 Å². The van der Waals surface area contributed by atoms with Crippen molar-refractivity contribution in [3.05, 3.63) is 70.2 Å². The molecule has 2 aromatic rings. The summed E-state index contributed by atoms with van der Waals surface area (Å²) in [5.74, 6) is -0.702. The summed E-state index contributed by atoms with van der Waals surface area (Å²) >= 11 is 5.86. The molecule has 2 aromatic carbocycles. The first kappa shape index (κ1) is 14.0. The first-order valence-electron chi connectivity index (χ1n) is 6.00. The van der Waals surface area contributed by atoms with E-state index < -0.39 is 5.82 Å². The third-order valence-electron chi connectivity index (χ3n) is 3.00. The van der Waals surface area contributed by atoms with E-state index in [1.54, 1.807) is 30.3 Å². The fourth-order valence-corrected chi connectivity index (χ4v) is 2.08. The summed E-state index contributed by atoms with van der Waals surface area (Å²) in [6.45, 7) is 2.23. The molecule has 0 amide bonds. The van der Waals surface area contributed by atoms with Gasteiger partial charge in [-0.3, -0.25) is 0 Å². The van der Waals surface area contributed by atoms with Crippen LogP contribution in [0.15, 0.2) is 42.5 Å². The summed E-state index contributed by atoms with van der Waals surface area (Å²) in [4.78, 5) is 0. The lowest BCUT2D eigenvalue weighted by atomic mass is 10.1. The molecule has 0 fully saturated rings. The molecule has 0 heterocycles. The molecule has 1 nitrogen and oxygen atoms in total. The van der Waals surface area contributed by atoms with E-state index in [2.05, 4.69) is 5.32 Å². The van der Waals surface area contributed by atoms with Crippen molar-refractivity contribution >= 4 is 11.6 Å². The first-order chi connectivity index (χ1) is 9.09. The topological polar surface area (TPSA) is 12.0 Å². The molecule has 100 valence electrons. The quantitative estimate of drug-likeness (QED) is 0.872. The lowest BCUT2D eigenvalue weighted by molar-refractivity contribution is 0.527. The van der Waals surface area contributed by atoms with Crippen molar-refractivity contribution in [2.75, 3.05) is 0 Å². The van der Waals surface area contributed by atoms with Crippen molar-refractivity contribution < 1.29 is 8.78 Å². The highest BCUT2D eigenvalue weighted by molar-refractivity contribution is 6.31. The highest BCUT2D eigenvalue weighted by Crippen LogP contribution is 2.21. The van der Waals surface area contributed by atoms with Crippen LogP contribution < -0.4 is 5.32 Å². The zero-order valence-electron chi connectivity index (χ0n) is 10.5. The maximum Gasteiger partial charge on any atom is 0.142 e. The van der Waals surface area contributed by atoms with Gasteiger partial charge in [0.2, 0.25) is 0 Å². The van der Waals surface area contributed by atoms with Crippen molar-refractivity contribution in [1.29, 1.82) is 0 Å². The van der Waals surface area contributed by atoms with Gasteiger partial charge in [-0.15, -0.1) is 0 Å². The van der Waals surface area contributed by atoms with E-state index in [0.29, 0.717) is 17.7 Å². The van der Waals surface area contributed by atoms with Gasteiger partial charge < -0.3 is 5.32 Å². The average molecular weight is 282 g/mol. The van der Waals surface area contributed by atoms with Crippen LogP contribution in [0.3, 0.4) is 0 Å². The standard InChI is InChI=1S/C15H14ClF2N/c1-10(12-6-2-3-7-13(12)17)19-9-11-5-4-8-14(18)15(11)16/h2-8,10,19H,9H2,1H3/t10-/m1/s1. The lowest BCUT2D eigenvalue weighted by Crippen LogP contribution is -2.19. The van der Waals surface area contributed by atoms with Gasteiger partial charge in [-0.1, -0.05) is 41.9 Å². The Hall–Kier alpha value is -1.45. The Labute approximate surface area is 116 Å². The van der Waals surface area contributed by atoms with E-state index in [9.17, 15) is 8.78 Å². The second-order valence-electron chi connectivity index (χ2n) is 4.34.